The fourth-order valence-corrected chi connectivity index (χ4v) is 2.15. The van der Waals surface area contributed by atoms with Crippen LogP contribution in [-0.2, 0) is 14.4 Å². The molecule has 27 heavy (non-hydrogen) atoms. The third kappa shape index (κ3) is 6.32. The average Bonchev–Trinajstić information content (AvgIpc) is 2.61. The van der Waals surface area contributed by atoms with Crippen LogP contribution in [0.3, 0.4) is 0 Å². The molecule has 2 aromatic rings. The summed E-state index contributed by atoms with van der Waals surface area (Å²) in [5, 5.41) is 2.62. The molecule has 0 aliphatic carbocycles. The summed E-state index contributed by atoms with van der Waals surface area (Å²) >= 11 is 0. The van der Waals surface area contributed by atoms with E-state index in [1.165, 1.54) is 27.0 Å². The predicted octanol–water partition coefficient (Wildman–Crippen LogP) is 3.20. The summed E-state index contributed by atoms with van der Waals surface area (Å²) in [7, 11) is 1.45. The Kier molecular flexibility index (Phi) is 6.71. The average molecular weight is 369 g/mol. The Morgan fingerprint density at radius 2 is 1.63 bits per heavy atom. The van der Waals surface area contributed by atoms with Gasteiger partial charge < -0.3 is 19.5 Å². The molecule has 0 radical (unpaired) electrons. The van der Waals surface area contributed by atoms with Gasteiger partial charge in [0.05, 0.1) is 7.11 Å². The number of benzene rings is 2. The number of nitrogens with one attached hydrogen (secondary N) is 1. The zero-order chi connectivity index (χ0) is 19.8. The molecule has 0 saturated heterocycles. The zero-order valence-corrected chi connectivity index (χ0v) is 15.1. The first-order chi connectivity index (χ1) is 12.9. The van der Waals surface area contributed by atoms with E-state index in [0.717, 1.165) is 0 Å². The van der Waals surface area contributed by atoms with Crippen molar-refractivity contribution < 1.29 is 28.6 Å². The molecule has 7 heteroatoms. The molecule has 0 unspecified atom stereocenters. The number of ether oxygens (including phenoxy) is 3. The van der Waals surface area contributed by atoms with Crippen molar-refractivity contribution in [3.05, 3.63) is 54.1 Å². The number of amides is 1. The van der Waals surface area contributed by atoms with Crippen LogP contribution in [0.25, 0.3) is 6.08 Å². The van der Waals surface area contributed by atoms with Gasteiger partial charge in [-0.3, -0.25) is 9.59 Å². The van der Waals surface area contributed by atoms with Crippen molar-refractivity contribution in [1.82, 2.24) is 0 Å². The molecule has 0 aliphatic heterocycles. The third-order valence-electron chi connectivity index (χ3n) is 3.25. The topological polar surface area (TPSA) is 90.9 Å². The minimum Gasteiger partial charge on any atom is -0.493 e. The van der Waals surface area contributed by atoms with Gasteiger partial charge in [0.15, 0.2) is 11.5 Å². The van der Waals surface area contributed by atoms with E-state index in [0.29, 0.717) is 28.5 Å². The smallest absolute Gasteiger partial charge is 0.336 e. The van der Waals surface area contributed by atoms with Crippen LogP contribution in [-0.4, -0.2) is 25.0 Å². The SMILES string of the molecule is COc1cc(/C=C/C(=O)Oc2ccc(NC(C)=O)cc2)ccc1OC(C)=O. The highest BCUT2D eigenvalue weighted by Crippen LogP contribution is 2.28. The summed E-state index contributed by atoms with van der Waals surface area (Å²) in [4.78, 5) is 34.0. The second-order valence-electron chi connectivity index (χ2n) is 5.46. The lowest BCUT2D eigenvalue weighted by atomic mass is 10.2. The van der Waals surface area contributed by atoms with E-state index in [1.807, 2.05) is 0 Å². The highest BCUT2D eigenvalue weighted by Gasteiger charge is 2.07. The predicted molar refractivity (Wildman–Crippen MR) is 99.7 cm³/mol. The standard InChI is InChI=1S/C20H19NO6/c1-13(22)21-16-6-8-17(9-7-16)27-20(24)11-5-15-4-10-18(26-14(2)23)19(12-15)25-3/h4-12H,1-3H3,(H,21,22)/b11-5+. The number of hydrogen-bond donors (Lipinski definition) is 1. The van der Waals surface area contributed by atoms with Crippen molar-refractivity contribution in [3.8, 4) is 17.2 Å². The van der Waals surface area contributed by atoms with Gasteiger partial charge in [-0.1, -0.05) is 6.07 Å². The fraction of sp³-hybridized carbons (Fsp3) is 0.150. The number of anilines is 1. The summed E-state index contributed by atoms with van der Waals surface area (Å²) in [6, 6.07) is 11.3. The molecule has 0 atom stereocenters. The second kappa shape index (κ2) is 9.19. The van der Waals surface area contributed by atoms with Crippen LogP contribution in [0, 0.1) is 0 Å². The molecule has 2 aromatic carbocycles. The van der Waals surface area contributed by atoms with Crippen LogP contribution in [0.15, 0.2) is 48.5 Å². The van der Waals surface area contributed by atoms with Crippen LogP contribution in [0.1, 0.15) is 19.4 Å². The molecular formula is C20H19NO6. The summed E-state index contributed by atoms with van der Waals surface area (Å²) < 4.78 is 15.4. The van der Waals surface area contributed by atoms with E-state index in [1.54, 1.807) is 48.5 Å². The van der Waals surface area contributed by atoms with Crippen LogP contribution < -0.4 is 19.5 Å². The second-order valence-corrected chi connectivity index (χ2v) is 5.46. The lowest BCUT2D eigenvalue weighted by molar-refractivity contribution is -0.132. The number of hydrogen-bond acceptors (Lipinski definition) is 6. The number of carbonyl (C=O) groups is 3. The van der Waals surface area contributed by atoms with Crippen LogP contribution in [0.2, 0.25) is 0 Å². The van der Waals surface area contributed by atoms with Gasteiger partial charge in [0.2, 0.25) is 5.91 Å². The molecule has 1 N–H and O–H groups in total. The van der Waals surface area contributed by atoms with Crippen molar-refractivity contribution >= 4 is 29.6 Å². The Hall–Kier alpha value is -3.61. The molecule has 0 aliphatic rings. The minimum atomic E-state index is -0.565. The Labute approximate surface area is 156 Å². The number of methoxy groups -OCH3 is 1. The Bertz CT molecular complexity index is 871. The molecule has 0 fully saturated rings. The maximum Gasteiger partial charge on any atom is 0.336 e. The molecule has 1 amide bonds. The third-order valence-corrected chi connectivity index (χ3v) is 3.25. The first-order valence-corrected chi connectivity index (χ1v) is 8.01. The van der Waals surface area contributed by atoms with E-state index in [-0.39, 0.29) is 5.91 Å². The summed E-state index contributed by atoms with van der Waals surface area (Å²) in [5.41, 5.74) is 1.28. The van der Waals surface area contributed by atoms with Gasteiger partial charge in [0, 0.05) is 25.6 Å². The van der Waals surface area contributed by atoms with E-state index in [4.69, 9.17) is 14.2 Å². The monoisotopic (exact) mass is 369 g/mol. The van der Waals surface area contributed by atoms with Gasteiger partial charge in [-0.15, -0.1) is 0 Å². The van der Waals surface area contributed by atoms with Gasteiger partial charge in [0.25, 0.3) is 0 Å². The maximum atomic E-state index is 11.9. The van der Waals surface area contributed by atoms with Gasteiger partial charge in [-0.05, 0) is 48.0 Å². The largest absolute Gasteiger partial charge is 0.493 e. The molecule has 140 valence electrons. The summed E-state index contributed by atoms with van der Waals surface area (Å²) in [6.07, 6.45) is 2.82. The van der Waals surface area contributed by atoms with E-state index in [9.17, 15) is 14.4 Å². The first-order valence-electron chi connectivity index (χ1n) is 8.01. The maximum absolute atomic E-state index is 11.9. The summed E-state index contributed by atoms with van der Waals surface area (Å²) in [5.74, 6) is -0.187. The highest BCUT2D eigenvalue weighted by atomic mass is 16.6. The highest BCUT2D eigenvalue weighted by molar-refractivity contribution is 5.90. The van der Waals surface area contributed by atoms with Crippen molar-refractivity contribution in [1.29, 1.82) is 0 Å². The molecule has 0 spiro atoms. The van der Waals surface area contributed by atoms with Gasteiger partial charge >= 0.3 is 11.9 Å². The van der Waals surface area contributed by atoms with E-state index < -0.39 is 11.9 Å². The molecule has 0 heterocycles. The van der Waals surface area contributed by atoms with Crippen molar-refractivity contribution in [2.24, 2.45) is 0 Å². The number of carbonyl (C=O) groups excluding carboxylic acids is 3. The molecule has 7 nitrogen and oxygen atoms in total. The van der Waals surface area contributed by atoms with Gasteiger partial charge in [-0.25, -0.2) is 4.79 Å². The Balaban J connectivity index is 2.01. The van der Waals surface area contributed by atoms with Gasteiger partial charge in [0.1, 0.15) is 5.75 Å². The fourth-order valence-electron chi connectivity index (χ4n) is 2.15. The van der Waals surface area contributed by atoms with Crippen LogP contribution >= 0.6 is 0 Å². The van der Waals surface area contributed by atoms with E-state index in [2.05, 4.69) is 5.32 Å². The normalized spacial score (nSPS) is 10.3. The Morgan fingerprint density at radius 3 is 2.22 bits per heavy atom. The zero-order valence-electron chi connectivity index (χ0n) is 15.1. The van der Waals surface area contributed by atoms with Crippen molar-refractivity contribution in [3.63, 3.8) is 0 Å². The lowest BCUT2D eigenvalue weighted by Gasteiger charge is -2.08. The minimum absolute atomic E-state index is 0.183. The summed E-state index contributed by atoms with van der Waals surface area (Å²) in [6.45, 7) is 2.71. The van der Waals surface area contributed by atoms with Crippen LogP contribution in [0.5, 0.6) is 17.2 Å². The molecule has 2 rings (SSSR count). The van der Waals surface area contributed by atoms with Crippen molar-refractivity contribution in [2.45, 2.75) is 13.8 Å². The van der Waals surface area contributed by atoms with E-state index >= 15 is 0 Å². The Morgan fingerprint density at radius 1 is 0.926 bits per heavy atom. The molecule has 0 bridgehead atoms. The molecule has 0 saturated carbocycles. The number of rotatable bonds is 6. The lowest BCUT2D eigenvalue weighted by Crippen LogP contribution is -2.06. The van der Waals surface area contributed by atoms with Crippen molar-refractivity contribution in [2.75, 3.05) is 12.4 Å². The number of esters is 2. The quantitative estimate of drug-likeness (QED) is 0.478. The van der Waals surface area contributed by atoms with Gasteiger partial charge in [-0.2, -0.15) is 0 Å². The molecule has 0 aromatic heterocycles. The first kappa shape index (κ1) is 19.7. The van der Waals surface area contributed by atoms with Crippen LogP contribution in [0.4, 0.5) is 5.69 Å². The molecular weight excluding hydrogens is 350 g/mol.